The Morgan fingerprint density at radius 3 is 2.26 bits per heavy atom. The van der Waals surface area contributed by atoms with Crippen LogP contribution in [0, 0.1) is 0 Å². The van der Waals surface area contributed by atoms with Gasteiger partial charge in [-0.3, -0.25) is 9.55 Å². The molecule has 0 radical (unpaired) electrons. The highest BCUT2D eigenvalue weighted by Gasteiger charge is 2.27. The first-order chi connectivity index (χ1) is 22.8. The summed E-state index contributed by atoms with van der Waals surface area (Å²) >= 11 is 1.70. The minimum Gasteiger partial charge on any atom is -0.456 e. The second-order valence-corrected chi connectivity index (χ2v) is 13.0. The van der Waals surface area contributed by atoms with E-state index in [1.54, 1.807) is 11.3 Å². The number of hydrogen-bond donors (Lipinski definition) is 0. The third-order valence-electron chi connectivity index (χ3n) is 9.74. The van der Waals surface area contributed by atoms with Crippen LogP contribution < -0.4 is 0 Å². The smallest absolute Gasteiger partial charge is 0.236 e. The molecule has 0 aliphatic heterocycles. The van der Waals surface area contributed by atoms with Gasteiger partial charge in [0.05, 0.1) is 38.7 Å². The van der Waals surface area contributed by atoms with Crippen LogP contribution in [-0.4, -0.2) is 23.9 Å². The SMILES string of the molecule is c1ccc(-c2nc(-n3c4ccc5oc6ccc7c8ccccc8n8c9cccc3c9c4c5c6c78)nc3sc4ccccc4c23)nc1. The minimum atomic E-state index is 0.632. The molecule has 6 nitrogen and oxygen atoms in total. The number of pyridine rings is 1. The van der Waals surface area contributed by atoms with Gasteiger partial charge in [-0.05, 0) is 60.7 Å². The molecule has 12 aromatic rings. The zero-order valence-corrected chi connectivity index (χ0v) is 24.8. The average Bonchev–Trinajstić information content (AvgIpc) is 3.82. The second kappa shape index (κ2) is 7.96. The summed E-state index contributed by atoms with van der Waals surface area (Å²) in [5.41, 5.74) is 9.09. The van der Waals surface area contributed by atoms with E-state index in [-0.39, 0.29) is 0 Å². The quantitative estimate of drug-likeness (QED) is 0.197. The minimum absolute atomic E-state index is 0.632. The molecule has 12 rings (SSSR count). The topological polar surface area (TPSA) is 61.2 Å². The second-order valence-electron chi connectivity index (χ2n) is 12.0. The van der Waals surface area contributed by atoms with Crippen LogP contribution in [-0.2, 0) is 0 Å². The molecule has 7 aromatic heterocycles. The first-order valence-electron chi connectivity index (χ1n) is 15.3. The number of para-hydroxylation sites is 1. The van der Waals surface area contributed by atoms with Crippen molar-refractivity contribution in [1.29, 1.82) is 0 Å². The summed E-state index contributed by atoms with van der Waals surface area (Å²) in [6.07, 6.45) is 1.83. The molecule has 0 unspecified atom stereocenters. The lowest BCUT2D eigenvalue weighted by molar-refractivity contribution is 0.669. The van der Waals surface area contributed by atoms with Gasteiger partial charge in [0.15, 0.2) is 0 Å². The zero-order chi connectivity index (χ0) is 29.7. The first-order valence-corrected chi connectivity index (χ1v) is 16.1. The fraction of sp³-hybridized carbons (Fsp3) is 0. The molecule has 0 N–H and O–H groups in total. The number of nitrogens with zero attached hydrogens (tertiary/aromatic N) is 5. The van der Waals surface area contributed by atoms with Crippen molar-refractivity contribution in [2.24, 2.45) is 0 Å². The number of thiophene rings is 1. The molecule has 0 aliphatic carbocycles. The van der Waals surface area contributed by atoms with Crippen molar-refractivity contribution in [2.75, 3.05) is 0 Å². The maximum atomic E-state index is 6.56. The van der Waals surface area contributed by atoms with Gasteiger partial charge in [0, 0.05) is 48.6 Å². The monoisotopic (exact) mass is 605 g/mol. The Kier molecular flexibility index (Phi) is 4.04. The van der Waals surface area contributed by atoms with Crippen LogP contribution in [0.1, 0.15) is 0 Å². The van der Waals surface area contributed by atoms with E-state index in [1.807, 2.05) is 24.4 Å². The van der Waals surface area contributed by atoms with Gasteiger partial charge in [0.1, 0.15) is 21.7 Å². The average molecular weight is 606 g/mol. The molecule has 0 saturated heterocycles. The molecular formula is C39H19N5OS. The molecule has 7 heteroatoms. The van der Waals surface area contributed by atoms with Crippen molar-refractivity contribution in [3.05, 3.63) is 115 Å². The maximum Gasteiger partial charge on any atom is 0.236 e. The molecule has 212 valence electrons. The van der Waals surface area contributed by atoms with Crippen molar-refractivity contribution < 1.29 is 4.42 Å². The zero-order valence-electron chi connectivity index (χ0n) is 24.0. The van der Waals surface area contributed by atoms with Crippen LogP contribution >= 0.6 is 11.3 Å². The number of benzene rings is 5. The molecule has 0 saturated carbocycles. The molecule has 0 bridgehead atoms. The Bertz CT molecular complexity index is 3200. The Morgan fingerprint density at radius 2 is 1.33 bits per heavy atom. The molecule has 0 atom stereocenters. The van der Waals surface area contributed by atoms with Gasteiger partial charge < -0.3 is 8.82 Å². The van der Waals surface area contributed by atoms with Crippen LogP contribution in [0.4, 0.5) is 0 Å². The van der Waals surface area contributed by atoms with E-state index in [4.69, 9.17) is 19.4 Å². The summed E-state index contributed by atoms with van der Waals surface area (Å²) in [7, 11) is 0. The fourth-order valence-corrected chi connectivity index (χ4v) is 9.05. The van der Waals surface area contributed by atoms with Crippen molar-refractivity contribution in [2.45, 2.75) is 0 Å². The first kappa shape index (κ1) is 23.3. The molecule has 46 heavy (non-hydrogen) atoms. The molecule has 7 heterocycles. The lowest BCUT2D eigenvalue weighted by Crippen LogP contribution is -2.03. The van der Waals surface area contributed by atoms with E-state index in [2.05, 4.69) is 100.0 Å². The predicted molar refractivity (Wildman–Crippen MR) is 188 cm³/mol. The van der Waals surface area contributed by atoms with Crippen molar-refractivity contribution in [1.82, 2.24) is 23.9 Å². The van der Waals surface area contributed by atoms with E-state index in [9.17, 15) is 0 Å². The lowest BCUT2D eigenvalue weighted by Gasteiger charge is -2.10. The van der Waals surface area contributed by atoms with Crippen LogP contribution in [0.15, 0.2) is 120 Å². The van der Waals surface area contributed by atoms with Crippen LogP contribution in [0.5, 0.6) is 0 Å². The molecule has 0 fully saturated rings. The van der Waals surface area contributed by atoms with E-state index < -0.39 is 0 Å². The van der Waals surface area contributed by atoms with E-state index >= 15 is 0 Å². The van der Waals surface area contributed by atoms with Crippen molar-refractivity contribution in [3.8, 4) is 17.3 Å². The van der Waals surface area contributed by atoms with Gasteiger partial charge >= 0.3 is 0 Å². The molecule has 0 aliphatic rings. The highest BCUT2D eigenvalue weighted by atomic mass is 32.1. The number of rotatable bonds is 2. The lowest BCUT2D eigenvalue weighted by atomic mass is 10.0. The molecular weight excluding hydrogens is 587 g/mol. The Hall–Kier alpha value is -6.05. The Labute approximate surface area is 263 Å². The van der Waals surface area contributed by atoms with Gasteiger partial charge in [-0.2, -0.15) is 0 Å². The van der Waals surface area contributed by atoms with E-state index in [0.717, 1.165) is 65.5 Å². The number of hydrogen-bond acceptors (Lipinski definition) is 5. The van der Waals surface area contributed by atoms with E-state index in [0.29, 0.717) is 5.95 Å². The van der Waals surface area contributed by atoms with Gasteiger partial charge in [0.2, 0.25) is 5.95 Å². The molecule has 0 amide bonds. The summed E-state index contributed by atoms with van der Waals surface area (Å²) in [4.78, 5) is 16.4. The van der Waals surface area contributed by atoms with Crippen LogP contribution in [0.3, 0.4) is 0 Å². The Morgan fingerprint density at radius 1 is 0.543 bits per heavy atom. The van der Waals surface area contributed by atoms with Gasteiger partial charge in [0.25, 0.3) is 0 Å². The number of furan rings is 1. The van der Waals surface area contributed by atoms with E-state index in [1.165, 1.54) is 37.3 Å². The van der Waals surface area contributed by atoms with Gasteiger partial charge in [-0.25, -0.2) is 9.97 Å². The summed E-state index contributed by atoms with van der Waals surface area (Å²) < 4.78 is 12.4. The summed E-state index contributed by atoms with van der Waals surface area (Å²) in [6, 6.07) is 38.3. The Balaban J connectivity index is 1.33. The van der Waals surface area contributed by atoms with Crippen LogP contribution in [0.2, 0.25) is 0 Å². The highest BCUT2D eigenvalue weighted by molar-refractivity contribution is 7.25. The summed E-state index contributed by atoms with van der Waals surface area (Å²) in [5, 5.41) is 9.29. The highest BCUT2D eigenvalue weighted by Crippen LogP contribution is 2.48. The third kappa shape index (κ3) is 2.65. The molecule has 5 aromatic carbocycles. The number of fused-ring (bicyclic) bond motifs is 7. The number of aromatic nitrogens is 5. The normalized spacial score (nSPS) is 12.8. The summed E-state index contributed by atoms with van der Waals surface area (Å²) in [6.45, 7) is 0. The van der Waals surface area contributed by atoms with Crippen molar-refractivity contribution in [3.63, 3.8) is 0 Å². The maximum absolute atomic E-state index is 6.56. The van der Waals surface area contributed by atoms with Crippen LogP contribution in [0.25, 0.3) is 109 Å². The predicted octanol–water partition coefficient (Wildman–Crippen LogP) is 10.3. The van der Waals surface area contributed by atoms with Gasteiger partial charge in [-0.15, -0.1) is 11.3 Å². The summed E-state index contributed by atoms with van der Waals surface area (Å²) in [5.74, 6) is 0.632. The largest absolute Gasteiger partial charge is 0.456 e. The molecule has 0 spiro atoms. The standard InChI is InChI=1S/C39H19N5OS/c1-3-11-24-20(8-1)21-15-17-29-35-34-28(45-29)18-16-27-33(34)32-25(43(24)37(21)35)12-7-13-26(32)44(27)39-41-36(23-10-5-6-19-40-23)31-22-9-2-4-14-30(22)46-38(31)42-39/h1-19H. The van der Waals surface area contributed by atoms with Gasteiger partial charge in [-0.1, -0.05) is 48.5 Å². The third-order valence-corrected chi connectivity index (χ3v) is 10.8. The fourth-order valence-electron chi connectivity index (χ4n) is 7.98. The van der Waals surface area contributed by atoms with Crippen molar-refractivity contribution >= 4 is 103 Å².